The number of nitrogens with one attached hydrogen (secondary N) is 2. The number of rotatable bonds is 7. The monoisotopic (exact) mass is 357 g/mol. The van der Waals surface area contributed by atoms with Gasteiger partial charge in [-0.05, 0) is 24.3 Å². The molecule has 2 aromatic heterocycles. The molecule has 0 saturated heterocycles. The Morgan fingerprint density at radius 3 is 2.84 bits per heavy atom. The van der Waals surface area contributed by atoms with Crippen LogP contribution in [0.1, 0.15) is 10.4 Å². The van der Waals surface area contributed by atoms with Crippen molar-refractivity contribution in [3.8, 4) is 17.0 Å². The topological polar surface area (TPSA) is 84.8 Å². The number of ether oxygens (including phenoxy) is 1. The van der Waals surface area contributed by atoms with E-state index >= 15 is 0 Å². The van der Waals surface area contributed by atoms with Crippen molar-refractivity contribution < 1.29 is 9.53 Å². The maximum absolute atomic E-state index is 12.4. The average Bonchev–Trinajstić information content (AvgIpc) is 3.28. The molecule has 7 nitrogen and oxygen atoms in total. The predicted molar refractivity (Wildman–Crippen MR) is 96.8 cm³/mol. The molecule has 0 unspecified atom stereocenters. The number of carbonyl (C=O) groups is 1. The van der Waals surface area contributed by atoms with Crippen molar-refractivity contribution in [3.63, 3.8) is 0 Å². The number of aromatic nitrogens is 4. The van der Waals surface area contributed by atoms with E-state index in [1.165, 1.54) is 0 Å². The summed E-state index contributed by atoms with van der Waals surface area (Å²) < 4.78 is 7.10. The highest BCUT2D eigenvalue weighted by Gasteiger charge is 2.15. The van der Waals surface area contributed by atoms with Crippen molar-refractivity contribution >= 4 is 17.7 Å². The molecule has 0 radical (unpaired) electrons. The lowest BCUT2D eigenvalue weighted by Gasteiger charge is -2.07. The molecule has 0 bridgehead atoms. The van der Waals surface area contributed by atoms with Gasteiger partial charge in [-0.1, -0.05) is 11.8 Å². The van der Waals surface area contributed by atoms with Gasteiger partial charge >= 0.3 is 0 Å². The van der Waals surface area contributed by atoms with Gasteiger partial charge in [0.25, 0.3) is 5.91 Å². The molecule has 0 aliphatic carbocycles. The van der Waals surface area contributed by atoms with Gasteiger partial charge in [-0.3, -0.25) is 9.89 Å². The highest BCUT2D eigenvalue weighted by Crippen LogP contribution is 2.23. The van der Waals surface area contributed by atoms with Gasteiger partial charge in [0.05, 0.1) is 24.6 Å². The van der Waals surface area contributed by atoms with E-state index in [4.69, 9.17) is 4.74 Å². The maximum atomic E-state index is 12.4. The van der Waals surface area contributed by atoms with E-state index in [0.717, 1.165) is 22.2 Å². The summed E-state index contributed by atoms with van der Waals surface area (Å²) in [5.74, 6) is 1.35. The number of methoxy groups -OCH3 is 1. The third kappa shape index (κ3) is 4.03. The van der Waals surface area contributed by atoms with Gasteiger partial charge in [-0.15, -0.1) is 0 Å². The van der Waals surface area contributed by atoms with Gasteiger partial charge in [0.15, 0.2) is 5.16 Å². The molecule has 2 heterocycles. The summed E-state index contributed by atoms with van der Waals surface area (Å²) in [4.78, 5) is 16.7. The molecule has 0 aliphatic heterocycles. The molecule has 0 spiro atoms. The van der Waals surface area contributed by atoms with Crippen molar-refractivity contribution in [2.75, 3.05) is 19.4 Å². The van der Waals surface area contributed by atoms with Gasteiger partial charge in [0.1, 0.15) is 5.75 Å². The van der Waals surface area contributed by atoms with Crippen LogP contribution in [0.4, 0.5) is 0 Å². The number of hydrogen-bond donors (Lipinski definition) is 2. The summed E-state index contributed by atoms with van der Waals surface area (Å²) in [6.07, 6.45) is 5.20. The van der Waals surface area contributed by atoms with Crippen LogP contribution in [0.2, 0.25) is 0 Å². The van der Waals surface area contributed by atoms with E-state index in [1.807, 2.05) is 42.1 Å². The molecule has 2 N–H and O–H groups in total. The molecular weight excluding hydrogens is 338 g/mol. The fraction of sp³-hybridized carbons (Fsp3) is 0.235. The van der Waals surface area contributed by atoms with Gasteiger partial charge in [0.2, 0.25) is 0 Å². The molecule has 0 aliphatic rings. The first-order valence-electron chi connectivity index (χ1n) is 7.75. The van der Waals surface area contributed by atoms with E-state index in [-0.39, 0.29) is 5.91 Å². The number of H-pyrrole nitrogens is 1. The first-order valence-corrected chi connectivity index (χ1v) is 8.73. The van der Waals surface area contributed by atoms with E-state index in [9.17, 15) is 4.79 Å². The van der Waals surface area contributed by atoms with E-state index in [2.05, 4.69) is 20.5 Å². The van der Waals surface area contributed by atoms with Crippen LogP contribution in [-0.4, -0.2) is 45.1 Å². The Bertz CT molecular complexity index is 841. The summed E-state index contributed by atoms with van der Waals surface area (Å²) in [7, 11) is 3.56. The van der Waals surface area contributed by atoms with E-state index in [0.29, 0.717) is 17.8 Å². The molecular formula is C17H19N5O2S. The SMILES string of the molecule is COc1ccc(-c2[nH]ncc2C(=O)NCCSc2nccn2C)cc1. The lowest BCUT2D eigenvalue weighted by Crippen LogP contribution is -2.26. The lowest BCUT2D eigenvalue weighted by molar-refractivity contribution is 0.0957. The predicted octanol–water partition coefficient (Wildman–Crippen LogP) is 2.34. The summed E-state index contributed by atoms with van der Waals surface area (Å²) in [6, 6.07) is 7.48. The number of carbonyl (C=O) groups excluding carboxylic acids is 1. The number of aryl methyl sites for hydroxylation is 1. The summed E-state index contributed by atoms with van der Waals surface area (Å²) in [6.45, 7) is 0.545. The first kappa shape index (κ1) is 17.1. The third-order valence-corrected chi connectivity index (χ3v) is 4.72. The number of imidazole rings is 1. The van der Waals surface area contributed by atoms with Crippen molar-refractivity contribution in [1.82, 2.24) is 25.1 Å². The highest BCUT2D eigenvalue weighted by molar-refractivity contribution is 7.99. The summed E-state index contributed by atoms with van der Waals surface area (Å²) >= 11 is 1.60. The molecule has 0 atom stereocenters. The Morgan fingerprint density at radius 1 is 1.36 bits per heavy atom. The zero-order valence-electron chi connectivity index (χ0n) is 14.0. The Balaban J connectivity index is 1.59. The second-order valence-electron chi connectivity index (χ2n) is 5.31. The van der Waals surface area contributed by atoms with Crippen LogP contribution < -0.4 is 10.1 Å². The largest absolute Gasteiger partial charge is 0.497 e. The average molecular weight is 357 g/mol. The molecule has 1 amide bonds. The Kier molecular flexibility index (Phi) is 5.39. The maximum Gasteiger partial charge on any atom is 0.255 e. The molecule has 1 aromatic carbocycles. The van der Waals surface area contributed by atoms with Crippen molar-refractivity contribution in [3.05, 3.63) is 48.4 Å². The van der Waals surface area contributed by atoms with Crippen LogP contribution in [0, 0.1) is 0 Å². The number of benzene rings is 1. The summed E-state index contributed by atoms with van der Waals surface area (Å²) in [5.41, 5.74) is 2.09. The first-order chi connectivity index (χ1) is 12.2. The number of hydrogen-bond acceptors (Lipinski definition) is 5. The molecule has 0 fully saturated rings. The second kappa shape index (κ2) is 7.89. The van der Waals surface area contributed by atoms with Crippen LogP contribution in [0.5, 0.6) is 5.75 Å². The van der Waals surface area contributed by atoms with Gasteiger partial charge in [-0.2, -0.15) is 5.10 Å². The zero-order chi connectivity index (χ0) is 17.6. The lowest BCUT2D eigenvalue weighted by atomic mass is 10.1. The third-order valence-electron chi connectivity index (χ3n) is 3.66. The van der Waals surface area contributed by atoms with Crippen molar-refractivity contribution in [1.29, 1.82) is 0 Å². The van der Waals surface area contributed by atoms with E-state index in [1.54, 1.807) is 31.3 Å². The minimum Gasteiger partial charge on any atom is -0.497 e. The Hall–Kier alpha value is -2.74. The van der Waals surface area contributed by atoms with Crippen LogP contribution in [-0.2, 0) is 7.05 Å². The summed E-state index contributed by atoms with van der Waals surface area (Å²) in [5, 5.41) is 10.7. The Labute approximate surface area is 149 Å². The zero-order valence-corrected chi connectivity index (χ0v) is 14.8. The minimum atomic E-state index is -0.153. The Morgan fingerprint density at radius 2 is 2.16 bits per heavy atom. The van der Waals surface area contributed by atoms with Gasteiger partial charge < -0.3 is 14.6 Å². The van der Waals surface area contributed by atoms with Gasteiger partial charge in [0, 0.05) is 37.3 Å². The molecule has 3 aromatic rings. The molecule has 3 rings (SSSR count). The standard InChI is InChI=1S/C17H19N5O2S/c1-22-9-7-19-17(22)25-10-8-18-16(23)14-11-20-21-15(14)12-3-5-13(24-2)6-4-12/h3-7,9,11H,8,10H2,1-2H3,(H,18,23)(H,20,21). The van der Waals surface area contributed by atoms with Crippen molar-refractivity contribution in [2.24, 2.45) is 7.05 Å². The van der Waals surface area contributed by atoms with Gasteiger partial charge in [-0.25, -0.2) is 4.98 Å². The minimum absolute atomic E-state index is 0.153. The number of aromatic amines is 1. The highest BCUT2D eigenvalue weighted by atomic mass is 32.2. The quantitative estimate of drug-likeness (QED) is 0.501. The normalized spacial score (nSPS) is 10.6. The second-order valence-corrected chi connectivity index (χ2v) is 6.37. The van der Waals surface area contributed by atoms with Crippen LogP contribution >= 0.6 is 11.8 Å². The molecule has 0 saturated carbocycles. The smallest absolute Gasteiger partial charge is 0.255 e. The van der Waals surface area contributed by atoms with Crippen LogP contribution in [0.3, 0.4) is 0 Å². The number of amides is 1. The molecule has 25 heavy (non-hydrogen) atoms. The number of thioether (sulfide) groups is 1. The van der Waals surface area contributed by atoms with E-state index < -0.39 is 0 Å². The van der Waals surface area contributed by atoms with Crippen molar-refractivity contribution in [2.45, 2.75) is 5.16 Å². The van der Waals surface area contributed by atoms with Crippen LogP contribution in [0.25, 0.3) is 11.3 Å². The fourth-order valence-electron chi connectivity index (χ4n) is 2.33. The van der Waals surface area contributed by atoms with Crippen LogP contribution in [0.15, 0.2) is 48.0 Å². The fourth-order valence-corrected chi connectivity index (χ4v) is 3.12. The molecule has 130 valence electrons. The number of nitrogens with zero attached hydrogens (tertiary/aromatic N) is 3. The molecule has 8 heteroatoms.